The van der Waals surface area contributed by atoms with Crippen LogP contribution in [0.5, 0.6) is 5.75 Å². The van der Waals surface area contributed by atoms with Crippen molar-refractivity contribution in [3.05, 3.63) is 39.8 Å². The molecule has 0 fully saturated rings. The van der Waals surface area contributed by atoms with E-state index in [1.165, 1.54) is 4.88 Å². The molecule has 1 aliphatic carbocycles. The lowest BCUT2D eigenvalue weighted by Crippen LogP contribution is -2.22. The molecule has 1 aromatic heterocycles. The van der Waals surface area contributed by atoms with Crippen molar-refractivity contribution in [3.63, 3.8) is 0 Å². The van der Waals surface area contributed by atoms with Crippen molar-refractivity contribution in [2.75, 3.05) is 14.2 Å². The summed E-state index contributed by atoms with van der Waals surface area (Å²) in [5, 5.41) is 13.1. The van der Waals surface area contributed by atoms with Gasteiger partial charge in [0.25, 0.3) is 0 Å². The van der Waals surface area contributed by atoms with Crippen LogP contribution < -0.4 is 10.1 Å². The third kappa shape index (κ3) is 3.44. The SMILES string of the molecule is CNCc1ccc(OC)c(-c2sc3c(c2C(=O)O)CC(C)(C)CC3)c1. The molecule has 0 bridgehead atoms. The fraction of sp³-hybridized carbons (Fsp3) is 0.450. The Bertz CT molecular complexity index is 808. The fourth-order valence-electron chi connectivity index (χ4n) is 3.58. The highest BCUT2D eigenvalue weighted by Gasteiger charge is 2.33. The zero-order valence-corrected chi connectivity index (χ0v) is 16.0. The Morgan fingerprint density at radius 2 is 2.16 bits per heavy atom. The molecule has 0 saturated carbocycles. The van der Waals surface area contributed by atoms with Crippen LogP contribution >= 0.6 is 11.3 Å². The molecule has 2 aromatic rings. The van der Waals surface area contributed by atoms with Crippen LogP contribution in [0.15, 0.2) is 18.2 Å². The summed E-state index contributed by atoms with van der Waals surface area (Å²) in [5.74, 6) is -0.119. The minimum Gasteiger partial charge on any atom is -0.496 e. The van der Waals surface area contributed by atoms with Gasteiger partial charge in [0.1, 0.15) is 5.75 Å². The van der Waals surface area contributed by atoms with Crippen molar-refractivity contribution < 1.29 is 14.6 Å². The van der Waals surface area contributed by atoms with E-state index in [0.717, 1.165) is 53.1 Å². The maximum Gasteiger partial charge on any atom is 0.337 e. The first kappa shape index (κ1) is 18.0. The molecule has 0 amide bonds. The number of fused-ring (bicyclic) bond motifs is 1. The van der Waals surface area contributed by atoms with Crippen LogP contribution in [0.4, 0.5) is 0 Å². The Morgan fingerprint density at radius 1 is 1.40 bits per heavy atom. The van der Waals surface area contributed by atoms with E-state index in [4.69, 9.17) is 4.74 Å². The van der Waals surface area contributed by atoms with Gasteiger partial charge in [0.05, 0.1) is 17.6 Å². The van der Waals surface area contributed by atoms with Crippen molar-refractivity contribution in [2.45, 2.75) is 39.7 Å². The topological polar surface area (TPSA) is 58.6 Å². The van der Waals surface area contributed by atoms with E-state index < -0.39 is 5.97 Å². The lowest BCUT2D eigenvalue weighted by atomic mass is 9.76. The number of methoxy groups -OCH3 is 1. The molecule has 0 spiro atoms. The van der Waals surface area contributed by atoms with Gasteiger partial charge in [-0.2, -0.15) is 0 Å². The highest BCUT2D eigenvalue weighted by Crippen LogP contribution is 2.47. The van der Waals surface area contributed by atoms with Crippen LogP contribution in [0.2, 0.25) is 0 Å². The number of benzene rings is 1. The normalized spacial score (nSPS) is 15.7. The number of carboxylic acid groups (broad SMARTS) is 1. The quantitative estimate of drug-likeness (QED) is 0.833. The minimum atomic E-state index is -0.841. The summed E-state index contributed by atoms with van der Waals surface area (Å²) in [6.07, 6.45) is 2.86. The second-order valence-electron chi connectivity index (χ2n) is 7.42. The number of hydrogen-bond donors (Lipinski definition) is 2. The molecule has 1 aromatic carbocycles. The largest absolute Gasteiger partial charge is 0.496 e. The Morgan fingerprint density at radius 3 is 2.80 bits per heavy atom. The molecule has 0 aliphatic heterocycles. The van der Waals surface area contributed by atoms with E-state index in [9.17, 15) is 9.90 Å². The van der Waals surface area contributed by atoms with Crippen LogP contribution in [0.1, 0.15) is 46.6 Å². The predicted molar refractivity (Wildman–Crippen MR) is 102 cm³/mol. The maximum atomic E-state index is 12.1. The zero-order valence-electron chi connectivity index (χ0n) is 15.2. The van der Waals surface area contributed by atoms with Gasteiger partial charge in [-0.15, -0.1) is 11.3 Å². The monoisotopic (exact) mass is 359 g/mol. The van der Waals surface area contributed by atoms with Crippen molar-refractivity contribution in [2.24, 2.45) is 5.41 Å². The second-order valence-corrected chi connectivity index (χ2v) is 8.52. The van der Waals surface area contributed by atoms with Crippen LogP contribution in [0.3, 0.4) is 0 Å². The zero-order chi connectivity index (χ0) is 18.2. The molecule has 0 radical (unpaired) electrons. The molecule has 1 aliphatic rings. The van der Waals surface area contributed by atoms with E-state index in [-0.39, 0.29) is 5.41 Å². The number of hydrogen-bond acceptors (Lipinski definition) is 4. The molecule has 0 saturated heterocycles. The standard InChI is InChI=1S/C20H25NO3S/c1-20(2)8-7-16-14(10-20)17(19(22)23)18(25-16)13-9-12(11-21-3)5-6-15(13)24-4/h5-6,9,21H,7-8,10-11H2,1-4H3,(H,22,23). The Labute approximate surface area is 152 Å². The molecular formula is C20H25NO3S. The first-order chi connectivity index (χ1) is 11.9. The third-order valence-corrected chi connectivity index (χ3v) is 6.20. The van der Waals surface area contributed by atoms with E-state index in [2.05, 4.69) is 19.2 Å². The summed E-state index contributed by atoms with van der Waals surface area (Å²) >= 11 is 1.62. The first-order valence-corrected chi connectivity index (χ1v) is 9.37. The molecule has 25 heavy (non-hydrogen) atoms. The Kier molecular flexibility index (Phi) is 4.89. The number of aromatic carboxylic acids is 1. The highest BCUT2D eigenvalue weighted by atomic mass is 32.1. The molecule has 4 nitrogen and oxygen atoms in total. The smallest absolute Gasteiger partial charge is 0.337 e. The number of thiophene rings is 1. The van der Waals surface area contributed by atoms with E-state index >= 15 is 0 Å². The van der Waals surface area contributed by atoms with Crippen molar-refractivity contribution in [1.82, 2.24) is 5.32 Å². The number of rotatable bonds is 5. The average Bonchev–Trinajstić information content (AvgIpc) is 2.92. The average molecular weight is 359 g/mol. The Balaban J connectivity index is 2.20. The summed E-state index contributed by atoms with van der Waals surface area (Å²) in [4.78, 5) is 14.1. The highest BCUT2D eigenvalue weighted by molar-refractivity contribution is 7.16. The van der Waals surface area contributed by atoms with Gasteiger partial charge in [0, 0.05) is 17.0 Å². The molecule has 3 rings (SSSR count). The van der Waals surface area contributed by atoms with Gasteiger partial charge in [-0.25, -0.2) is 4.79 Å². The molecule has 1 heterocycles. The lowest BCUT2D eigenvalue weighted by Gasteiger charge is -2.29. The maximum absolute atomic E-state index is 12.1. The number of ether oxygens (including phenoxy) is 1. The summed E-state index contributed by atoms with van der Waals surface area (Å²) in [6.45, 7) is 5.16. The van der Waals surface area contributed by atoms with Gasteiger partial charge in [0.2, 0.25) is 0 Å². The van der Waals surface area contributed by atoms with E-state index in [1.54, 1.807) is 18.4 Å². The van der Waals surface area contributed by atoms with Crippen LogP contribution in [-0.2, 0) is 19.4 Å². The number of carbonyl (C=O) groups is 1. The molecule has 2 N–H and O–H groups in total. The fourth-order valence-corrected chi connectivity index (χ4v) is 4.91. The van der Waals surface area contributed by atoms with Gasteiger partial charge >= 0.3 is 5.97 Å². The lowest BCUT2D eigenvalue weighted by molar-refractivity contribution is 0.0696. The molecule has 0 unspecified atom stereocenters. The molecule has 0 atom stereocenters. The number of carboxylic acids is 1. The summed E-state index contributed by atoms with van der Waals surface area (Å²) in [5.41, 5.74) is 3.62. The predicted octanol–water partition coefficient (Wildman–Crippen LogP) is 4.36. The van der Waals surface area contributed by atoms with Crippen molar-refractivity contribution in [3.8, 4) is 16.2 Å². The molecule has 134 valence electrons. The third-order valence-electron chi connectivity index (χ3n) is 4.88. The van der Waals surface area contributed by atoms with Crippen LogP contribution in [0.25, 0.3) is 10.4 Å². The first-order valence-electron chi connectivity index (χ1n) is 8.56. The van der Waals surface area contributed by atoms with Gasteiger partial charge in [-0.1, -0.05) is 19.9 Å². The van der Waals surface area contributed by atoms with Crippen molar-refractivity contribution >= 4 is 17.3 Å². The van der Waals surface area contributed by atoms with Gasteiger partial charge in [0.15, 0.2) is 0 Å². The number of aryl methyl sites for hydroxylation is 1. The Hall–Kier alpha value is -1.85. The van der Waals surface area contributed by atoms with E-state index in [1.807, 2.05) is 25.2 Å². The van der Waals surface area contributed by atoms with Gasteiger partial charge in [-0.3, -0.25) is 0 Å². The second kappa shape index (κ2) is 6.81. The minimum absolute atomic E-state index is 0.146. The summed E-state index contributed by atoms with van der Waals surface area (Å²) in [7, 11) is 3.53. The molecule has 5 heteroatoms. The van der Waals surface area contributed by atoms with E-state index in [0.29, 0.717) is 5.56 Å². The van der Waals surface area contributed by atoms with Gasteiger partial charge < -0.3 is 15.2 Å². The molecular weight excluding hydrogens is 334 g/mol. The van der Waals surface area contributed by atoms with Crippen LogP contribution in [-0.4, -0.2) is 25.2 Å². The van der Waals surface area contributed by atoms with Crippen molar-refractivity contribution in [1.29, 1.82) is 0 Å². The van der Waals surface area contributed by atoms with Crippen LogP contribution in [0, 0.1) is 5.41 Å². The number of nitrogens with one attached hydrogen (secondary N) is 1. The summed E-state index contributed by atoms with van der Waals surface area (Å²) < 4.78 is 5.53. The van der Waals surface area contributed by atoms with Gasteiger partial charge in [-0.05, 0) is 55.0 Å². The summed E-state index contributed by atoms with van der Waals surface area (Å²) in [6, 6.07) is 5.98.